The van der Waals surface area contributed by atoms with Gasteiger partial charge in [0, 0.05) is 6.04 Å². The molecule has 1 atom stereocenters. The van der Waals surface area contributed by atoms with E-state index in [1.807, 2.05) is 6.92 Å². The fourth-order valence-corrected chi connectivity index (χ4v) is 1.52. The topological polar surface area (TPSA) is 38.3 Å². The number of carbonyl (C=O) groups excluding carboxylic acids is 1. The molecular formula is C13H16FNO2. The fraction of sp³-hybridized carbons (Fsp3) is 0.462. The molecule has 17 heavy (non-hydrogen) atoms. The van der Waals surface area contributed by atoms with Crippen molar-refractivity contribution in [1.29, 1.82) is 0 Å². The van der Waals surface area contributed by atoms with E-state index in [-0.39, 0.29) is 11.7 Å². The highest BCUT2D eigenvalue weighted by molar-refractivity contribution is 5.81. The van der Waals surface area contributed by atoms with Crippen molar-refractivity contribution >= 4 is 5.91 Å². The molecule has 1 fully saturated rings. The van der Waals surface area contributed by atoms with Gasteiger partial charge in [0.15, 0.2) is 6.10 Å². The summed E-state index contributed by atoms with van der Waals surface area (Å²) in [6, 6.07) is 6.03. The zero-order chi connectivity index (χ0) is 12.3. The largest absolute Gasteiger partial charge is 0.481 e. The maximum Gasteiger partial charge on any atom is 0.261 e. The number of hydrogen-bond acceptors (Lipinski definition) is 2. The molecule has 1 N–H and O–H groups in total. The van der Waals surface area contributed by atoms with Crippen LogP contribution in [0.25, 0.3) is 0 Å². The Hall–Kier alpha value is -1.58. The van der Waals surface area contributed by atoms with Crippen LogP contribution in [0.15, 0.2) is 24.3 Å². The Balaban J connectivity index is 1.93. The molecule has 0 bridgehead atoms. The van der Waals surface area contributed by atoms with Gasteiger partial charge in [0.25, 0.3) is 5.91 Å². The molecule has 92 valence electrons. The van der Waals surface area contributed by atoms with Gasteiger partial charge < -0.3 is 10.1 Å². The summed E-state index contributed by atoms with van der Waals surface area (Å²) in [4.78, 5) is 11.8. The van der Waals surface area contributed by atoms with Crippen LogP contribution in [-0.2, 0) is 4.79 Å². The monoisotopic (exact) mass is 237 g/mol. The van der Waals surface area contributed by atoms with Crippen LogP contribution in [-0.4, -0.2) is 18.1 Å². The van der Waals surface area contributed by atoms with Gasteiger partial charge in [-0.15, -0.1) is 0 Å². The van der Waals surface area contributed by atoms with Crippen molar-refractivity contribution in [2.75, 3.05) is 0 Å². The van der Waals surface area contributed by atoms with E-state index in [2.05, 4.69) is 5.32 Å². The van der Waals surface area contributed by atoms with Crippen LogP contribution in [0.5, 0.6) is 5.75 Å². The number of halogens is 1. The van der Waals surface area contributed by atoms with Crippen molar-refractivity contribution in [3.05, 3.63) is 30.1 Å². The Bertz CT molecular complexity index is 387. The van der Waals surface area contributed by atoms with E-state index in [1.54, 1.807) is 0 Å². The van der Waals surface area contributed by atoms with E-state index >= 15 is 0 Å². The van der Waals surface area contributed by atoms with Crippen LogP contribution in [0, 0.1) is 5.82 Å². The van der Waals surface area contributed by atoms with Crippen LogP contribution in [0.3, 0.4) is 0 Å². The lowest BCUT2D eigenvalue weighted by Crippen LogP contribution is -2.39. The predicted molar refractivity (Wildman–Crippen MR) is 62.3 cm³/mol. The van der Waals surface area contributed by atoms with Crippen LogP contribution in [0.1, 0.15) is 26.2 Å². The summed E-state index contributed by atoms with van der Waals surface area (Å²) in [5.74, 6) is 0.122. The number of ether oxygens (including phenoxy) is 1. The van der Waals surface area contributed by atoms with Crippen LogP contribution < -0.4 is 10.1 Å². The molecule has 0 saturated heterocycles. The Kier molecular flexibility index (Phi) is 3.61. The molecule has 0 spiro atoms. The Labute approximate surface area is 100.0 Å². The van der Waals surface area contributed by atoms with Crippen molar-refractivity contribution in [2.24, 2.45) is 0 Å². The third-order valence-electron chi connectivity index (χ3n) is 2.68. The van der Waals surface area contributed by atoms with Gasteiger partial charge in [-0.2, -0.15) is 0 Å². The van der Waals surface area contributed by atoms with E-state index < -0.39 is 6.10 Å². The number of amides is 1. The standard InChI is InChI=1S/C13H16FNO2/c1-2-12(13(16)15-10-5-6-10)17-11-7-3-9(14)4-8-11/h3-4,7-8,10,12H,2,5-6H2,1H3,(H,15,16). The van der Waals surface area contributed by atoms with E-state index in [1.165, 1.54) is 24.3 Å². The van der Waals surface area contributed by atoms with Gasteiger partial charge in [0.05, 0.1) is 0 Å². The average Bonchev–Trinajstić information content (AvgIpc) is 3.12. The lowest BCUT2D eigenvalue weighted by molar-refractivity contribution is -0.128. The normalized spacial score (nSPS) is 16.4. The first-order chi connectivity index (χ1) is 8.19. The summed E-state index contributed by atoms with van der Waals surface area (Å²) in [6.45, 7) is 1.89. The van der Waals surface area contributed by atoms with Gasteiger partial charge in [-0.05, 0) is 43.5 Å². The van der Waals surface area contributed by atoms with Crippen molar-refractivity contribution in [3.8, 4) is 5.75 Å². The lowest BCUT2D eigenvalue weighted by atomic mass is 10.2. The number of carbonyl (C=O) groups is 1. The molecule has 4 heteroatoms. The lowest BCUT2D eigenvalue weighted by Gasteiger charge is -2.17. The highest BCUT2D eigenvalue weighted by Crippen LogP contribution is 2.20. The maximum atomic E-state index is 12.7. The van der Waals surface area contributed by atoms with Gasteiger partial charge >= 0.3 is 0 Å². The first-order valence-electron chi connectivity index (χ1n) is 5.91. The van der Waals surface area contributed by atoms with Gasteiger partial charge in [0.1, 0.15) is 11.6 Å². The van der Waals surface area contributed by atoms with E-state index in [0.717, 1.165) is 12.8 Å². The number of hydrogen-bond donors (Lipinski definition) is 1. The Morgan fingerprint density at radius 2 is 2.12 bits per heavy atom. The van der Waals surface area contributed by atoms with Gasteiger partial charge in [-0.1, -0.05) is 6.92 Å². The summed E-state index contributed by atoms with van der Waals surface area (Å²) in [5.41, 5.74) is 0. The molecule has 1 aliphatic rings. The SMILES string of the molecule is CCC(Oc1ccc(F)cc1)C(=O)NC1CC1. The molecule has 0 aromatic heterocycles. The molecule has 1 saturated carbocycles. The first-order valence-corrected chi connectivity index (χ1v) is 5.91. The Morgan fingerprint density at radius 1 is 1.47 bits per heavy atom. The summed E-state index contributed by atoms with van der Waals surface area (Å²) in [7, 11) is 0. The minimum absolute atomic E-state index is 0.0840. The average molecular weight is 237 g/mol. The van der Waals surface area contributed by atoms with E-state index in [9.17, 15) is 9.18 Å². The zero-order valence-corrected chi connectivity index (χ0v) is 9.78. The van der Waals surface area contributed by atoms with Crippen molar-refractivity contribution in [3.63, 3.8) is 0 Å². The third-order valence-corrected chi connectivity index (χ3v) is 2.68. The highest BCUT2D eigenvalue weighted by atomic mass is 19.1. The summed E-state index contributed by atoms with van der Waals surface area (Å²) < 4.78 is 18.2. The molecule has 2 rings (SSSR count). The molecular weight excluding hydrogens is 221 g/mol. The molecule has 1 amide bonds. The highest BCUT2D eigenvalue weighted by Gasteiger charge is 2.27. The summed E-state index contributed by atoms with van der Waals surface area (Å²) in [5, 5.41) is 2.90. The second kappa shape index (κ2) is 5.17. The zero-order valence-electron chi connectivity index (χ0n) is 9.78. The van der Waals surface area contributed by atoms with Gasteiger partial charge in [-0.3, -0.25) is 4.79 Å². The molecule has 1 aliphatic carbocycles. The maximum absolute atomic E-state index is 12.7. The second-order valence-corrected chi connectivity index (χ2v) is 4.25. The van der Waals surface area contributed by atoms with E-state index in [0.29, 0.717) is 18.2 Å². The minimum Gasteiger partial charge on any atom is -0.481 e. The van der Waals surface area contributed by atoms with Crippen molar-refractivity contribution in [2.45, 2.75) is 38.3 Å². The molecule has 1 unspecified atom stereocenters. The number of nitrogens with one attached hydrogen (secondary N) is 1. The van der Waals surface area contributed by atoms with Gasteiger partial charge in [0.2, 0.25) is 0 Å². The molecule has 0 aliphatic heterocycles. The molecule has 1 aromatic rings. The van der Waals surface area contributed by atoms with Crippen LogP contribution in [0.2, 0.25) is 0 Å². The molecule has 1 aromatic carbocycles. The summed E-state index contributed by atoms with van der Waals surface area (Å²) >= 11 is 0. The van der Waals surface area contributed by atoms with Gasteiger partial charge in [-0.25, -0.2) is 4.39 Å². The molecule has 0 radical (unpaired) electrons. The third kappa shape index (κ3) is 3.44. The Morgan fingerprint density at radius 3 is 2.65 bits per heavy atom. The first kappa shape index (κ1) is 11.9. The number of benzene rings is 1. The quantitative estimate of drug-likeness (QED) is 0.853. The van der Waals surface area contributed by atoms with Crippen LogP contribution in [0.4, 0.5) is 4.39 Å². The molecule has 0 heterocycles. The van der Waals surface area contributed by atoms with Crippen molar-refractivity contribution in [1.82, 2.24) is 5.32 Å². The second-order valence-electron chi connectivity index (χ2n) is 4.25. The fourth-order valence-electron chi connectivity index (χ4n) is 1.52. The van der Waals surface area contributed by atoms with Crippen LogP contribution >= 0.6 is 0 Å². The predicted octanol–water partition coefficient (Wildman–Crippen LogP) is 2.26. The molecule has 3 nitrogen and oxygen atoms in total. The van der Waals surface area contributed by atoms with Crippen molar-refractivity contribution < 1.29 is 13.9 Å². The minimum atomic E-state index is -0.499. The number of rotatable bonds is 5. The summed E-state index contributed by atoms with van der Waals surface area (Å²) in [6.07, 6.45) is 2.20. The smallest absolute Gasteiger partial charge is 0.261 e. The van der Waals surface area contributed by atoms with E-state index in [4.69, 9.17) is 4.74 Å².